The van der Waals surface area contributed by atoms with Crippen molar-refractivity contribution in [1.29, 1.82) is 0 Å². The van der Waals surface area contributed by atoms with E-state index in [-0.39, 0.29) is 18.2 Å². The highest BCUT2D eigenvalue weighted by molar-refractivity contribution is 7.09. The summed E-state index contributed by atoms with van der Waals surface area (Å²) in [6, 6.07) is 11.2. The second-order valence-electron chi connectivity index (χ2n) is 6.31. The molecule has 2 amide bonds. The van der Waals surface area contributed by atoms with E-state index in [9.17, 15) is 4.79 Å². The van der Waals surface area contributed by atoms with Crippen molar-refractivity contribution in [2.45, 2.75) is 25.7 Å². The topological polar surface area (TPSA) is 62.8 Å². The minimum absolute atomic E-state index is 0.00616. The predicted octanol–water partition coefficient (Wildman–Crippen LogP) is 3.17. The van der Waals surface area contributed by atoms with Crippen LogP contribution >= 0.6 is 11.3 Å². The molecule has 1 saturated heterocycles. The van der Waals surface area contributed by atoms with E-state index in [0.717, 1.165) is 24.5 Å². The first kappa shape index (κ1) is 18.7. The minimum atomic E-state index is -0.220. The first-order chi connectivity index (χ1) is 12.6. The molecule has 1 aromatic heterocycles. The van der Waals surface area contributed by atoms with Crippen molar-refractivity contribution in [3.05, 3.63) is 46.7 Å². The Morgan fingerprint density at radius 1 is 1.27 bits per heavy atom. The fourth-order valence-electron chi connectivity index (χ4n) is 3.00. The Bertz CT molecular complexity index is 691. The standard InChI is InChI=1S/C19H25N3O3S/c1-3-24-18-12-22(2)11-17(18)21-19(23)20-14-6-8-15(9-7-14)25-13-16-5-4-10-26-16/h4-10,17-18H,3,11-13H2,1-2H3,(H2,20,21,23)/t17-,18-/m1/s1. The third-order valence-electron chi connectivity index (χ3n) is 4.22. The summed E-state index contributed by atoms with van der Waals surface area (Å²) in [5, 5.41) is 7.90. The minimum Gasteiger partial charge on any atom is -0.488 e. The van der Waals surface area contributed by atoms with Gasteiger partial charge in [0.25, 0.3) is 0 Å². The van der Waals surface area contributed by atoms with Gasteiger partial charge in [-0.25, -0.2) is 4.79 Å². The second-order valence-corrected chi connectivity index (χ2v) is 7.34. The zero-order chi connectivity index (χ0) is 18.4. The number of likely N-dealkylation sites (N-methyl/N-ethyl adjacent to an activating group) is 1. The highest BCUT2D eigenvalue weighted by Gasteiger charge is 2.32. The number of rotatable bonds is 7. The SMILES string of the molecule is CCO[C@@H]1CN(C)C[C@H]1NC(=O)Nc1ccc(OCc2cccs2)cc1. The van der Waals surface area contributed by atoms with Crippen molar-refractivity contribution in [1.82, 2.24) is 10.2 Å². The third kappa shape index (κ3) is 5.20. The number of nitrogens with zero attached hydrogens (tertiary/aromatic N) is 1. The average Bonchev–Trinajstić information content (AvgIpc) is 3.25. The van der Waals surface area contributed by atoms with Crippen LogP contribution in [0.15, 0.2) is 41.8 Å². The first-order valence-corrected chi connectivity index (χ1v) is 9.65. The summed E-state index contributed by atoms with van der Waals surface area (Å²) in [4.78, 5) is 15.6. The van der Waals surface area contributed by atoms with Gasteiger partial charge >= 0.3 is 6.03 Å². The zero-order valence-electron chi connectivity index (χ0n) is 15.1. The van der Waals surface area contributed by atoms with Crippen LogP contribution < -0.4 is 15.4 Å². The normalized spacial score (nSPS) is 20.1. The molecule has 2 atom stereocenters. The lowest BCUT2D eigenvalue weighted by Gasteiger charge is -2.20. The number of carbonyl (C=O) groups excluding carboxylic acids is 1. The number of ether oxygens (including phenoxy) is 2. The number of carbonyl (C=O) groups is 1. The summed E-state index contributed by atoms with van der Waals surface area (Å²) in [5.74, 6) is 0.776. The van der Waals surface area contributed by atoms with Gasteiger partial charge in [-0.15, -0.1) is 11.3 Å². The summed E-state index contributed by atoms with van der Waals surface area (Å²) < 4.78 is 11.4. The molecule has 0 radical (unpaired) electrons. The van der Waals surface area contributed by atoms with Gasteiger partial charge in [0.15, 0.2) is 0 Å². The van der Waals surface area contributed by atoms with Gasteiger partial charge < -0.3 is 25.0 Å². The molecule has 7 heteroatoms. The van der Waals surface area contributed by atoms with Crippen LogP contribution in [0.3, 0.4) is 0 Å². The average molecular weight is 375 g/mol. The van der Waals surface area contributed by atoms with Crippen LogP contribution in [0.1, 0.15) is 11.8 Å². The molecule has 2 N–H and O–H groups in total. The maximum atomic E-state index is 12.3. The first-order valence-electron chi connectivity index (χ1n) is 8.77. The van der Waals surface area contributed by atoms with Crippen molar-refractivity contribution in [2.75, 3.05) is 32.1 Å². The van der Waals surface area contributed by atoms with E-state index < -0.39 is 0 Å². The lowest BCUT2D eigenvalue weighted by Crippen LogP contribution is -2.45. The van der Waals surface area contributed by atoms with Crippen molar-refractivity contribution >= 4 is 23.1 Å². The number of hydrogen-bond acceptors (Lipinski definition) is 5. The number of urea groups is 1. The van der Waals surface area contributed by atoms with Crippen molar-refractivity contribution in [2.24, 2.45) is 0 Å². The van der Waals surface area contributed by atoms with Gasteiger partial charge in [0.2, 0.25) is 0 Å². The molecule has 26 heavy (non-hydrogen) atoms. The van der Waals surface area contributed by atoms with Crippen LogP contribution in [0.2, 0.25) is 0 Å². The molecule has 0 bridgehead atoms. The highest BCUT2D eigenvalue weighted by atomic mass is 32.1. The molecule has 0 saturated carbocycles. The largest absolute Gasteiger partial charge is 0.488 e. The molecule has 140 valence electrons. The van der Waals surface area contributed by atoms with E-state index in [1.165, 1.54) is 4.88 Å². The van der Waals surface area contributed by atoms with Crippen LogP contribution in [-0.4, -0.2) is 49.8 Å². The van der Waals surface area contributed by atoms with E-state index in [1.807, 2.05) is 55.7 Å². The number of benzene rings is 1. The Morgan fingerprint density at radius 3 is 2.77 bits per heavy atom. The number of amides is 2. The van der Waals surface area contributed by atoms with Crippen LogP contribution in [-0.2, 0) is 11.3 Å². The Labute approximate surface area is 158 Å². The summed E-state index contributed by atoms with van der Waals surface area (Å²) in [7, 11) is 2.03. The van der Waals surface area contributed by atoms with Crippen LogP contribution in [0.25, 0.3) is 0 Å². The molecule has 1 aliphatic heterocycles. The molecule has 2 heterocycles. The molecule has 3 rings (SSSR count). The predicted molar refractivity (Wildman–Crippen MR) is 104 cm³/mol. The fraction of sp³-hybridized carbons (Fsp3) is 0.421. The Hall–Kier alpha value is -2.09. The molecule has 6 nitrogen and oxygen atoms in total. The van der Waals surface area contributed by atoms with Crippen molar-refractivity contribution < 1.29 is 14.3 Å². The number of likely N-dealkylation sites (tertiary alicyclic amines) is 1. The third-order valence-corrected chi connectivity index (χ3v) is 5.07. The summed E-state index contributed by atoms with van der Waals surface area (Å²) in [5.41, 5.74) is 0.727. The maximum Gasteiger partial charge on any atom is 0.319 e. The molecular weight excluding hydrogens is 350 g/mol. The lowest BCUT2D eigenvalue weighted by molar-refractivity contribution is 0.0568. The molecule has 0 spiro atoms. The lowest BCUT2D eigenvalue weighted by atomic mass is 10.2. The monoisotopic (exact) mass is 375 g/mol. The van der Waals surface area contributed by atoms with Gasteiger partial charge in [0.05, 0.1) is 12.1 Å². The van der Waals surface area contributed by atoms with Crippen LogP contribution in [0.4, 0.5) is 10.5 Å². The summed E-state index contributed by atoms with van der Waals surface area (Å²) in [6.45, 7) is 4.78. The number of anilines is 1. The van der Waals surface area contributed by atoms with Gasteiger partial charge in [-0.1, -0.05) is 6.07 Å². The van der Waals surface area contributed by atoms with Gasteiger partial charge in [-0.05, 0) is 49.7 Å². The van der Waals surface area contributed by atoms with Crippen molar-refractivity contribution in [3.8, 4) is 5.75 Å². The van der Waals surface area contributed by atoms with Gasteiger partial charge in [-0.2, -0.15) is 0 Å². The Kier molecular flexibility index (Phi) is 6.49. The number of thiophene rings is 1. The quantitative estimate of drug-likeness (QED) is 0.780. The Balaban J connectivity index is 1.48. The smallest absolute Gasteiger partial charge is 0.319 e. The molecular formula is C19H25N3O3S. The van der Waals surface area contributed by atoms with Gasteiger partial charge in [0.1, 0.15) is 12.4 Å². The van der Waals surface area contributed by atoms with Crippen LogP contribution in [0, 0.1) is 0 Å². The number of hydrogen-bond donors (Lipinski definition) is 2. The van der Waals surface area contributed by atoms with Gasteiger partial charge in [0, 0.05) is 30.3 Å². The molecule has 1 fully saturated rings. The molecule has 2 aromatic rings. The zero-order valence-corrected chi connectivity index (χ0v) is 15.9. The number of nitrogens with one attached hydrogen (secondary N) is 2. The molecule has 0 unspecified atom stereocenters. The van der Waals surface area contributed by atoms with E-state index in [4.69, 9.17) is 9.47 Å². The molecule has 1 aliphatic rings. The van der Waals surface area contributed by atoms with E-state index >= 15 is 0 Å². The Morgan fingerprint density at radius 2 is 2.08 bits per heavy atom. The molecule has 1 aromatic carbocycles. The van der Waals surface area contributed by atoms with Crippen LogP contribution in [0.5, 0.6) is 5.75 Å². The molecule has 0 aliphatic carbocycles. The fourth-order valence-corrected chi connectivity index (χ4v) is 3.62. The van der Waals surface area contributed by atoms with E-state index in [1.54, 1.807) is 11.3 Å². The highest BCUT2D eigenvalue weighted by Crippen LogP contribution is 2.19. The summed E-state index contributed by atoms with van der Waals surface area (Å²) in [6.07, 6.45) is 0.0313. The van der Waals surface area contributed by atoms with Gasteiger partial charge in [-0.3, -0.25) is 0 Å². The second kappa shape index (κ2) is 9.02. The maximum absolute atomic E-state index is 12.3. The van der Waals surface area contributed by atoms with Crippen molar-refractivity contribution in [3.63, 3.8) is 0 Å². The van der Waals surface area contributed by atoms with E-state index in [0.29, 0.717) is 13.2 Å². The summed E-state index contributed by atoms with van der Waals surface area (Å²) >= 11 is 1.67. The van der Waals surface area contributed by atoms with E-state index in [2.05, 4.69) is 15.5 Å².